The van der Waals surface area contributed by atoms with Crippen molar-refractivity contribution in [2.75, 3.05) is 7.05 Å². The normalized spacial score (nSPS) is 17.8. The fraction of sp³-hybridized carbons (Fsp3) is 0.667. The molecule has 0 saturated heterocycles. The molecule has 1 aliphatic rings. The van der Waals surface area contributed by atoms with Crippen LogP contribution in [-0.2, 0) is 0 Å². The van der Waals surface area contributed by atoms with Crippen LogP contribution in [0.3, 0.4) is 0 Å². The average molecular weight is 328 g/mol. The lowest BCUT2D eigenvalue weighted by molar-refractivity contribution is 0.0672. The molecule has 0 N–H and O–H groups in total. The first kappa shape index (κ1) is 14.6. The van der Waals surface area contributed by atoms with Gasteiger partial charge in [-0.1, -0.05) is 32.1 Å². The summed E-state index contributed by atoms with van der Waals surface area (Å²) in [6, 6.07) is 2.20. The molecule has 1 aromatic heterocycles. The number of amides is 1. The predicted molar refractivity (Wildman–Crippen MR) is 79.3 cm³/mol. The van der Waals surface area contributed by atoms with Gasteiger partial charge in [-0.15, -0.1) is 0 Å². The summed E-state index contributed by atoms with van der Waals surface area (Å²) in [7, 11) is 1.91. The first-order chi connectivity index (χ1) is 9.09. The van der Waals surface area contributed by atoms with Crippen molar-refractivity contribution in [2.24, 2.45) is 0 Å². The molecular formula is C15H22BrNO2. The largest absolute Gasteiger partial charge is 0.444 e. The molecule has 106 valence electrons. The van der Waals surface area contributed by atoms with Crippen LogP contribution in [0.2, 0.25) is 0 Å². The molecule has 1 saturated carbocycles. The van der Waals surface area contributed by atoms with Crippen molar-refractivity contribution >= 4 is 21.8 Å². The summed E-state index contributed by atoms with van der Waals surface area (Å²) >= 11 is 3.28. The number of rotatable bonds is 2. The maximum absolute atomic E-state index is 12.5. The lowest BCUT2D eigenvalue weighted by Crippen LogP contribution is -2.37. The second-order valence-electron chi connectivity index (χ2n) is 5.48. The Hall–Kier alpha value is -0.770. The van der Waals surface area contributed by atoms with E-state index in [4.69, 9.17) is 4.42 Å². The quantitative estimate of drug-likeness (QED) is 0.799. The van der Waals surface area contributed by atoms with Gasteiger partial charge in [0.15, 0.2) is 10.4 Å². The van der Waals surface area contributed by atoms with Gasteiger partial charge in [0.05, 0.1) is 0 Å². The van der Waals surface area contributed by atoms with E-state index in [1.54, 1.807) is 0 Å². The predicted octanol–water partition coefficient (Wildman–Crippen LogP) is 4.54. The molecule has 0 bridgehead atoms. The van der Waals surface area contributed by atoms with Gasteiger partial charge >= 0.3 is 0 Å². The number of halogens is 1. The van der Waals surface area contributed by atoms with Gasteiger partial charge in [0.25, 0.3) is 5.91 Å². The van der Waals surface area contributed by atoms with Crippen molar-refractivity contribution in [2.45, 2.75) is 57.9 Å². The molecule has 19 heavy (non-hydrogen) atoms. The Labute approximate surface area is 123 Å². The van der Waals surface area contributed by atoms with E-state index in [9.17, 15) is 4.79 Å². The van der Waals surface area contributed by atoms with Gasteiger partial charge in [-0.2, -0.15) is 0 Å². The Morgan fingerprint density at radius 3 is 2.37 bits per heavy atom. The van der Waals surface area contributed by atoms with Crippen LogP contribution in [0.25, 0.3) is 0 Å². The molecule has 1 aromatic rings. The molecule has 1 aliphatic carbocycles. The fourth-order valence-corrected chi connectivity index (χ4v) is 3.31. The Morgan fingerprint density at radius 2 is 1.84 bits per heavy atom. The second kappa shape index (κ2) is 6.60. The molecule has 1 amide bonds. The Balaban J connectivity index is 2.06. The summed E-state index contributed by atoms with van der Waals surface area (Å²) in [5.41, 5.74) is 0.898. The van der Waals surface area contributed by atoms with E-state index >= 15 is 0 Å². The molecule has 0 atom stereocenters. The van der Waals surface area contributed by atoms with Gasteiger partial charge in [0.1, 0.15) is 0 Å². The third-order valence-electron chi connectivity index (χ3n) is 4.02. The molecular weight excluding hydrogens is 306 g/mol. The first-order valence-electron chi connectivity index (χ1n) is 7.12. The molecule has 1 fully saturated rings. The van der Waals surface area contributed by atoms with E-state index in [0.717, 1.165) is 18.4 Å². The van der Waals surface area contributed by atoms with E-state index in [1.165, 1.54) is 32.1 Å². The minimum atomic E-state index is 0.00812. The highest BCUT2D eigenvalue weighted by Gasteiger charge is 2.25. The van der Waals surface area contributed by atoms with Crippen molar-refractivity contribution in [1.82, 2.24) is 4.90 Å². The first-order valence-corrected chi connectivity index (χ1v) is 7.92. The number of furan rings is 1. The van der Waals surface area contributed by atoms with Crippen LogP contribution in [0, 0.1) is 6.92 Å². The van der Waals surface area contributed by atoms with Crippen LogP contribution >= 0.6 is 15.9 Å². The van der Waals surface area contributed by atoms with E-state index in [1.807, 2.05) is 24.9 Å². The third-order valence-corrected chi connectivity index (χ3v) is 4.42. The molecule has 3 nitrogen and oxygen atoms in total. The average Bonchev–Trinajstić information content (AvgIpc) is 2.66. The van der Waals surface area contributed by atoms with E-state index < -0.39 is 0 Å². The summed E-state index contributed by atoms with van der Waals surface area (Å²) in [6.45, 7) is 1.91. The molecule has 0 unspecified atom stereocenters. The highest BCUT2D eigenvalue weighted by molar-refractivity contribution is 9.10. The van der Waals surface area contributed by atoms with Crippen LogP contribution in [0.4, 0.5) is 0 Å². The van der Waals surface area contributed by atoms with Crippen LogP contribution in [0.15, 0.2) is 15.2 Å². The van der Waals surface area contributed by atoms with Crippen LogP contribution in [0.1, 0.15) is 61.1 Å². The maximum Gasteiger partial charge on any atom is 0.289 e. The number of nitrogens with zero attached hydrogens (tertiary/aromatic N) is 1. The number of hydrogen-bond donors (Lipinski definition) is 0. The van der Waals surface area contributed by atoms with Gasteiger partial charge in [-0.3, -0.25) is 4.79 Å². The molecule has 2 rings (SSSR count). The summed E-state index contributed by atoms with van der Waals surface area (Å²) in [5.74, 6) is 0.477. The molecule has 0 spiro atoms. The standard InChI is InChI=1S/C15H22BrNO2/c1-11-10-13(16)19-14(11)15(18)17(2)12-8-6-4-3-5-7-9-12/h10,12H,3-9H2,1-2H3. The molecule has 0 aromatic carbocycles. The highest BCUT2D eigenvalue weighted by atomic mass is 79.9. The van der Waals surface area contributed by atoms with E-state index in [-0.39, 0.29) is 5.91 Å². The topological polar surface area (TPSA) is 33.5 Å². The number of hydrogen-bond acceptors (Lipinski definition) is 2. The SMILES string of the molecule is Cc1cc(Br)oc1C(=O)N(C)C1CCCCCCC1. The Morgan fingerprint density at radius 1 is 1.26 bits per heavy atom. The van der Waals surface area contributed by atoms with Gasteiger partial charge < -0.3 is 9.32 Å². The zero-order chi connectivity index (χ0) is 13.8. The zero-order valence-electron chi connectivity index (χ0n) is 11.7. The van der Waals surface area contributed by atoms with Gasteiger partial charge in [0.2, 0.25) is 0 Å². The lowest BCUT2D eigenvalue weighted by Gasteiger charge is -2.29. The van der Waals surface area contributed by atoms with Crippen molar-refractivity contribution in [1.29, 1.82) is 0 Å². The monoisotopic (exact) mass is 327 g/mol. The minimum Gasteiger partial charge on any atom is -0.444 e. The van der Waals surface area contributed by atoms with Crippen molar-refractivity contribution in [3.63, 3.8) is 0 Å². The number of carbonyl (C=O) groups excluding carboxylic acids is 1. The summed E-state index contributed by atoms with van der Waals surface area (Å²) in [6.07, 6.45) is 8.61. The molecule has 0 radical (unpaired) electrons. The summed E-state index contributed by atoms with van der Waals surface area (Å²) < 4.78 is 6.09. The van der Waals surface area contributed by atoms with Crippen molar-refractivity contribution in [3.05, 3.63) is 22.1 Å². The summed E-state index contributed by atoms with van der Waals surface area (Å²) in [4.78, 5) is 14.4. The Bertz CT molecular complexity index is 433. The lowest BCUT2D eigenvalue weighted by atomic mass is 9.95. The van der Waals surface area contributed by atoms with Crippen LogP contribution < -0.4 is 0 Å². The number of aryl methyl sites for hydroxylation is 1. The molecule has 1 heterocycles. The zero-order valence-corrected chi connectivity index (χ0v) is 13.3. The minimum absolute atomic E-state index is 0.00812. The fourth-order valence-electron chi connectivity index (χ4n) is 2.80. The van der Waals surface area contributed by atoms with Crippen LogP contribution in [-0.4, -0.2) is 23.9 Å². The van der Waals surface area contributed by atoms with E-state index in [2.05, 4.69) is 15.9 Å². The highest BCUT2D eigenvalue weighted by Crippen LogP contribution is 2.25. The number of carbonyl (C=O) groups is 1. The smallest absolute Gasteiger partial charge is 0.289 e. The molecule has 4 heteroatoms. The van der Waals surface area contributed by atoms with Crippen LogP contribution in [0.5, 0.6) is 0 Å². The van der Waals surface area contributed by atoms with Gasteiger partial charge in [-0.05, 0) is 41.8 Å². The second-order valence-corrected chi connectivity index (χ2v) is 6.26. The van der Waals surface area contributed by atoms with Gasteiger partial charge in [0, 0.05) is 18.7 Å². The van der Waals surface area contributed by atoms with Gasteiger partial charge in [-0.25, -0.2) is 0 Å². The van der Waals surface area contributed by atoms with Crippen molar-refractivity contribution in [3.8, 4) is 0 Å². The summed E-state index contributed by atoms with van der Waals surface area (Å²) in [5, 5.41) is 0. The van der Waals surface area contributed by atoms with Crippen molar-refractivity contribution < 1.29 is 9.21 Å². The third kappa shape index (κ3) is 3.62. The maximum atomic E-state index is 12.5. The molecule has 0 aliphatic heterocycles. The Kier molecular flexibility index (Phi) is 5.08. The van der Waals surface area contributed by atoms with E-state index in [0.29, 0.717) is 16.5 Å².